The molecule has 310 valence electrons. The van der Waals surface area contributed by atoms with Gasteiger partial charge in [0.05, 0.1) is 11.4 Å². The Hall–Kier alpha value is -9.00. The van der Waals surface area contributed by atoms with Crippen molar-refractivity contribution in [3.05, 3.63) is 218 Å². The molecule has 4 aromatic heterocycles. The topological polar surface area (TPSA) is 59.0 Å². The van der Waals surface area contributed by atoms with Crippen molar-refractivity contribution in [3.8, 4) is 11.1 Å². The molecule has 0 radical (unpaired) electrons. The van der Waals surface area contributed by atoms with E-state index in [4.69, 9.17) is 17.7 Å². The summed E-state index contributed by atoms with van der Waals surface area (Å²) in [6.07, 6.45) is 0. The Morgan fingerprint density at radius 3 is 1.14 bits per heavy atom. The summed E-state index contributed by atoms with van der Waals surface area (Å²) in [6, 6.07) is 76.2. The lowest BCUT2D eigenvalue weighted by molar-refractivity contribution is 0.667. The summed E-state index contributed by atoms with van der Waals surface area (Å²) < 4.78 is 26.5. The van der Waals surface area contributed by atoms with E-state index in [1.807, 2.05) is 48.5 Å². The first-order valence-electron chi connectivity index (χ1n) is 22.1. The number of nitrogens with zero attached hydrogens (tertiary/aromatic N) is 2. The molecule has 0 saturated carbocycles. The van der Waals surface area contributed by atoms with Crippen molar-refractivity contribution in [2.75, 3.05) is 9.80 Å². The second-order valence-electron chi connectivity index (χ2n) is 16.9. The molecule has 6 heteroatoms. The molecule has 14 aromatic rings. The van der Waals surface area contributed by atoms with Gasteiger partial charge in [0.15, 0.2) is 5.58 Å². The molecule has 0 saturated heterocycles. The number of para-hydroxylation sites is 5. The number of hydrogen-bond acceptors (Lipinski definition) is 6. The zero-order valence-electron chi connectivity index (χ0n) is 35.3. The normalized spacial score (nSPS) is 11.9. The van der Waals surface area contributed by atoms with Gasteiger partial charge in [-0.15, -0.1) is 0 Å². The minimum absolute atomic E-state index is 0.789. The average Bonchev–Trinajstić information content (AvgIpc) is 4.14. The Morgan fingerprint density at radius 2 is 0.621 bits per heavy atom. The average molecular weight is 849 g/mol. The molecule has 14 rings (SSSR count). The second-order valence-corrected chi connectivity index (χ2v) is 16.9. The van der Waals surface area contributed by atoms with Crippen LogP contribution in [0.2, 0.25) is 0 Å². The van der Waals surface area contributed by atoms with Gasteiger partial charge in [-0.2, -0.15) is 0 Å². The second kappa shape index (κ2) is 14.3. The van der Waals surface area contributed by atoms with Gasteiger partial charge < -0.3 is 27.5 Å². The van der Waals surface area contributed by atoms with E-state index in [9.17, 15) is 0 Å². The molecule has 6 nitrogen and oxygen atoms in total. The maximum absolute atomic E-state index is 6.81. The summed E-state index contributed by atoms with van der Waals surface area (Å²) >= 11 is 0. The first kappa shape index (κ1) is 36.5. The molecule has 0 aliphatic rings. The Labute approximate surface area is 377 Å². The molecule has 0 spiro atoms. The Kier molecular flexibility index (Phi) is 7.88. The molecule has 0 bridgehead atoms. The van der Waals surface area contributed by atoms with E-state index in [1.54, 1.807) is 0 Å². The number of rotatable bonds is 7. The molecule has 66 heavy (non-hydrogen) atoms. The van der Waals surface area contributed by atoms with Gasteiger partial charge in [0.1, 0.15) is 39.1 Å². The largest absolute Gasteiger partial charge is 0.456 e. The minimum Gasteiger partial charge on any atom is -0.456 e. The zero-order chi connectivity index (χ0) is 43.3. The summed E-state index contributed by atoms with van der Waals surface area (Å²) in [5.74, 6) is 0. The zero-order valence-corrected chi connectivity index (χ0v) is 35.3. The third-order valence-electron chi connectivity index (χ3n) is 13.0. The molecule has 4 heterocycles. The highest BCUT2D eigenvalue weighted by atomic mass is 16.3. The lowest BCUT2D eigenvalue weighted by Crippen LogP contribution is -2.14. The van der Waals surface area contributed by atoms with E-state index in [0.717, 1.165) is 133 Å². The van der Waals surface area contributed by atoms with Crippen molar-refractivity contribution < 1.29 is 17.7 Å². The fourth-order valence-corrected chi connectivity index (χ4v) is 9.99. The van der Waals surface area contributed by atoms with Crippen LogP contribution in [0.1, 0.15) is 0 Å². The number of benzene rings is 10. The lowest BCUT2D eigenvalue weighted by atomic mass is 10.0. The van der Waals surface area contributed by atoms with Crippen molar-refractivity contribution in [1.82, 2.24) is 0 Å². The molecule has 0 N–H and O–H groups in total. The molecule has 0 amide bonds. The van der Waals surface area contributed by atoms with Crippen LogP contribution in [-0.2, 0) is 0 Å². The van der Waals surface area contributed by atoms with Crippen LogP contribution in [0.5, 0.6) is 0 Å². The van der Waals surface area contributed by atoms with Crippen LogP contribution >= 0.6 is 0 Å². The predicted molar refractivity (Wildman–Crippen MR) is 270 cm³/mol. The Balaban J connectivity index is 1.05. The van der Waals surface area contributed by atoms with Gasteiger partial charge in [-0.1, -0.05) is 115 Å². The fourth-order valence-electron chi connectivity index (χ4n) is 9.99. The highest BCUT2D eigenvalue weighted by molar-refractivity contribution is 6.12. The molecule has 0 atom stereocenters. The van der Waals surface area contributed by atoms with E-state index >= 15 is 0 Å². The Morgan fingerprint density at radius 1 is 0.227 bits per heavy atom. The van der Waals surface area contributed by atoms with Crippen LogP contribution in [0.25, 0.3) is 98.9 Å². The summed E-state index contributed by atoms with van der Waals surface area (Å²) in [4.78, 5) is 4.61. The van der Waals surface area contributed by atoms with Crippen LogP contribution in [0.4, 0.5) is 34.1 Å². The standard InChI is InChI=1S/C60H36N2O4/c1-2-13-37(14-3-1)38-31-42(61(39-25-28-48-44-15-4-8-21-53(44)63-57(48)34-39)40-26-29-49-45-16-5-9-22-54(45)64-58(49)35-40)33-43(32-38)62(41-27-30-50-46-17-6-10-23-55(46)65-59(50)36-41)52-20-12-19-51-47-18-7-11-24-56(47)66-60(51)52/h1-36H. The van der Waals surface area contributed by atoms with Crippen LogP contribution in [-0.4, -0.2) is 0 Å². The van der Waals surface area contributed by atoms with E-state index in [1.165, 1.54) is 0 Å². The van der Waals surface area contributed by atoms with E-state index in [-0.39, 0.29) is 0 Å². The smallest absolute Gasteiger partial charge is 0.159 e. The van der Waals surface area contributed by atoms with Gasteiger partial charge in [-0.05, 0) is 96.1 Å². The van der Waals surface area contributed by atoms with E-state index in [0.29, 0.717) is 0 Å². The number of anilines is 6. The van der Waals surface area contributed by atoms with Gasteiger partial charge >= 0.3 is 0 Å². The summed E-state index contributed by atoms with van der Waals surface area (Å²) in [7, 11) is 0. The summed E-state index contributed by atoms with van der Waals surface area (Å²) in [5, 5.41) is 8.53. The molecule has 0 aliphatic heterocycles. The monoisotopic (exact) mass is 848 g/mol. The number of hydrogen-bond donors (Lipinski definition) is 0. The van der Waals surface area contributed by atoms with Crippen molar-refractivity contribution >= 4 is 122 Å². The maximum atomic E-state index is 6.81. The molecule has 10 aromatic carbocycles. The summed E-state index contributed by atoms with van der Waals surface area (Å²) in [5.41, 5.74) is 14.2. The Bertz CT molecular complexity index is 4100. The molecular weight excluding hydrogens is 813 g/mol. The van der Waals surface area contributed by atoms with Crippen molar-refractivity contribution in [3.63, 3.8) is 0 Å². The quantitative estimate of drug-likeness (QED) is 0.159. The molecule has 0 aliphatic carbocycles. The van der Waals surface area contributed by atoms with Crippen LogP contribution in [0.3, 0.4) is 0 Å². The first-order valence-corrected chi connectivity index (χ1v) is 22.1. The van der Waals surface area contributed by atoms with Gasteiger partial charge in [-0.25, -0.2) is 0 Å². The molecule has 0 unspecified atom stereocenters. The third-order valence-corrected chi connectivity index (χ3v) is 13.0. The maximum Gasteiger partial charge on any atom is 0.159 e. The van der Waals surface area contributed by atoms with Gasteiger partial charge in [-0.3, -0.25) is 0 Å². The van der Waals surface area contributed by atoms with Gasteiger partial charge in [0.25, 0.3) is 0 Å². The SMILES string of the molecule is c1ccc(-c2cc(N(c3ccc4c(c3)oc3ccccc34)c3ccc4c(c3)oc3ccccc34)cc(N(c3ccc4c(c3)oc3ccccc34)c3cccc4c3oc3ccccc34)c2)cc1. The molecule has 0 fully saturated rings. The van der Waals surface area contributed by atoms with Gasteiger partial charge in [0, 0.05) is 84.0 Å². The molecular formula is C60H36N2O4. The van der Waals surface area contributed by atoms with Crippen molar-refractivity contribution in [1.29, 1.82) is 0 Å². The highest BCUT2D eigenvalue weighted by Crippen LogP contribution is 2.48. The van der Waals surface area contributed by atoms with Gasteiger partial charge in [0.2, 0.25) is 0 Å². The minimum atomic E-state index is 0.789. The van der Waals surface area contributed by atoms with Crippen LogP contribution in [0, 0.1) is 0 Å². The lowest BCUT2D eigenvalue weighted by Gasteiger charge is -2.30. The van der Waals surface area contributed by atoms with Crippen LogP contribution < -0.4 is 9.80 Å². The summed E-state index contributed by atoms with van der Waals surface area (Å²) in [6.45, 7) is 0. The predicted octanol–water partition coefficient (Wildman–Crippen LogP) is 17.9. The van der Waals surface area contributed by atoms with Crippen LogP contribution in [0.15, 0.2) is 236 Å². The van der Waals surface area contributed by atoms with Crippen molar-refractivity contribution in [2.45, 2.75) is 0 Å². The van der Waals surface area contributed by atoms with Crippen molar-refractivity contribution in [2.24, 2.45) is 0 Å². The number of furan rings is 4. The third kappa shape index (κ3) is 5.68. The number of fused-ring (bicyclic) bond motifs is 12. The fraction of sp³-hybridized carbons (Fsp3) is 0. The van der Waals surface area contributed by atoms with E-state index < -0.39 is 0 Å². The first-order chi connectivity index (χ1) is 32.7. The highest BCUT2D eigenvalue weighted by Gasteiger charge is 2.25. The van der Waals surface area contributed by atoms with E-state index in [2.05, 4.69) is 180 Å².